The van der Waals surface area contributed by atoms with Crippen LogP contribution >= 0.6 is 22.9 Å². The molecule has 1 heterocycles. The van der Waals surface area contributed by atoms with Crippen molar-refractivity contribution in [2.45, 2.75) is 6.92 Å². The van der Waals surface area contributed by atoms with Crippen molar-refractivity contribution in [1.82, 2.24) is 4.98 Å². The standard InChI is InChI=1S/C20H17ClN2O2S/c1-2-25-17-9-7-15(8-10-17)18-13-26-20(22-18)23-19(24)11-6-14-4-3-5-16(21)12-14/h3-13H,2H2,1H3,(H,22,23,24)/b11-6+. The van der Waals surface area contributed by atoms with E-state index in [9.17, 15) is 4.79 Å². The Hall–Kier alpha value is -2.63. The van der Waals surface area contributed by atoms with Gasteiger partial charge in [-0.25, -0.2) is 4.98 Å². The van der Waals surface area contributed by atoms with Crippen molar-refractivity contribution in [2.24, 2.45) is 0 Å². The second-order valence-corrected chi connectivity index (χ2v) is 6.67. The molecule has 0 fully saturated rings. The van der Waals surface area contributed by atoms with Gasteiger partial charge < -0.3 is 4.74 Å². The topological polar surface area (TPSA) is 51.2 Å². The zero-order valence-electron chi connectivity index (χ0n) is 14.1. The van der Waals surface area contributed by atoms with Gasteiger partial charge in [-0.3, -0.25) is 10.1 Å². The lowest BCUT2D eigenvalue weighted by Crippen LogP contribution is -2.07. The third-order valence-corrected chi connectivity index (χ3v) is 4.46. The van der Waals surface area contributed by atoms with Crippen molar-refractivity contribution in [3.05, 3.63) is 70.6 Å². The summed E-state index contributed by atoms with van der Waals surface area (Å²) in [6.07, 6.45) is 3.17. The maximum absolute atomic E-state index is 12.1. The number of carbonyl (C=O) groups is 1. The Kier molecular flexibility index (Phi) is 6.04. The molecule has 2 aromatic carbocycles. The predicted octanol–water partition coefficient (Wildman–Crippen LogP) is 5.51. The number of nitrogens with zero attached hydrogens (tertiary/aromatic N) is 1. The SMILES string of the molecule is CCOc1ccc(-c2csc(NC(=O)/C=C/c3cccc(Cl)c3)n2)cc1. The Morgan fingerprint density at radius 1 is 1.27 bits per heavy atom. The Balaban J connectivity index is 1.63. The molecule has 0 unspecified atom stereocenters. The van der Waals surface area contributed by atoms with Crippen LogP contribution < -0.4 is 10.1 Å². The average Bonchev–Trinajstić information content (AvgIpc) is 3.09. The lowest BCUT2D eigenvalue weighted by Gasteiger charge is -2.03. The number of hydrogen-bond donors (Lipinski definition) is 1. The molecule has 1 amide bonds. The monoisotopic (exact) mass is 384 g/mol. The van der Waals surface area contributed by atoms with Crippen LogP contribution in [0, 0.1) is 0 Å². The molecule has 4 nitrogen and oxygen atoms in total. The predicted molar refractivity (Wildman–Crippen MR) is 108 cm³/mol. The number of aromatic nitrogens is 1. The first-order valence-electron chi connectivity index (χ1n) is 8.07. The number of anilines is 1. The molecule has 0 bridgehead atoms. The van der Waals surface area contributed by atoms with Gasteiger partial charge in [0.05, 0.1) is 12.3 Å². The van der Waals surface area contributed by atoms with E-state index >= 15 is 0 Å². The Bertz CT molecular complexity index is 920. The minimum Gasteiger partial charge on any atom is -0.494 e. The van der Waals surface area contributed by atoms with Crippen LogP contribution in [0.1, 0.15) is 12.5 Å². The molecule has 1 aromatic heterocycles. The van der Waals surface area contributed by atoms with E-state index in [0.29, 0.717) is 16.8 Å². The maximum atomic E-state index is 12.1. The van der Waals surface area contributed by atoms with Gasteiger partial charge >= 0.3 is 0 Å². The molecule has 132 valence electrons. The first-order valence-corrected chi connectivity index (χ1v) is 9.33. The summed E-state index contributed by atoms with van der Waals surface area (Å²) >= 11 is 7.31. The van der Waals surface area contributed by atoms with E-state index in [4.69, 9.17) is 16.3 Å². The minimum absolute atomic E-state index is 0.238. The quantitative estimate of drug-likeness (QED) is 0.570. The largest absolute Gasteiger partial charge is 0.494 e. The average molecular weight is 385 g/mol. The molecular formula is C20H17ClN2O2S. The normalized spacial score (nSPS) is 10.8. The molecule has 0 aliphatic heterocycles. The van der Waals surface area contributed by atoms with E-state index in [0.717, 1.165) is 22.6 Å². The fraction of sp³-hybridized carbons (Fsp3) is 0.100. The van der Waals surface area contributed by atoms with Gasteiger partial charge in [0.25, 0.3) is 0 Å². The second-order valence-electron chi connectivity index (χ2n) is 5.37. The molecule has 3 aromatic rings. The van der Waals surface area contributed by atoms with Gasteiger partial charge in [-0.2, -0.15) is 0 Å². The van der Waals surface area contributed by atoms with E-state index in [1.165, 1.54) is 17.4 Å². The van der Waals surface area contributed by atoms with Crippen LogP contribution in [0.4, 0.5) is 5.13 Å². The van der Waals surface area contributed by atoms with Crippen molar-refractivity contribution in [3.63, 3.8) is 0 Å². The van der Waals surface area contributed by atoms with Crippen LogP contribution in [-0.4, -0.2) is 17.5 Å². The summed E-state index contributed by atoms with van der Waals surface area (Å²) in [5.74, 6) is 0.587. The van der Waals surface area contributed by atoms with Gasteiger partial charge in [0.1, 0.15) is 5.75 Å². The van der Waals surface area contributed by atoms with E-state index in [1.54, 1.807) is 18.2 Å². The summed E-state index contributed by atoms with van der Waals surface area (Å²) in [5, 5.41) is 5.86. The van der Waals surface area contributed by atoms with Gasteiger partial charge in [0.2, 0.25) is 5.91 Å². The highest BCUT2D eigenvalue weighted by molar-refractivity contribution is 7.14. The molecule has 0 aliphatic rings. The van der Waals surface area contributed by atoms with Crippen molar-refractivity contribution in [1.29, 1.82) is 0 Å². The molecule has 1 N–H and O–H groups in total. The summed E-state index contributed by atoms with van der Waals surface area (Å²) in [7, 11) is 0. The zero-order valence-corrected chi connectivity index (χ0v) is 15.7. The van der Waals surface area contributed by atoms with Crippen molar-refractivity contribution < 1.29 is 9.53 Å². The van der Waals surface area contributed by atoms with E-state index in [-0.39, 0.29) is 5.91 Å². The van der Waals surface area contributed by atoms with Crippen molar-refractivity contribution >= 4 is 40.1 Å². The molecular weight excluding hydrogens is 368 g/mol. The Labute approximate surface area is 161 Å². The summed E-state index contributed by atoms with van der Waals surface area (Å²) < 4.78 is 5.43. The van der Waals surface area contributed by atoms with Crippen molar-refractivity contribution in [2.75, 3.05) is 11.9 Å². The molecule has 3 rings (SSSR count). The molecule has 0 aliphatic carbocycles. The number of rotatable bonds is 6. The van der Waals surface area contributed by atoms with Crippen LogP contribution in [0.25, 0.3) is 17.3 Å². The zero-order chi connectivity index (χ0) is 18.4. The number of carbonyl (C=O) groups excluding carboxylic acids is 1. The smallest absolute Gasteiger partial charge is 0.250 e. The number of amides is 1. The fourth-order valence-corrected chi connectivity index (χ4v) is 3.20. The first kappa shape index (κ1) is 18.2. The third kappa shape index (κ3) is 4.94. The highest BCUT2D eigenvalue weighted by atomic mass is 35.5. The van der Waals surface area contributed by atoms with Crippen LogP contribution in [-0.2, 0) is 4.79 Å². The molecule has 0 saturated carbocycles. The second kappa shape index (κ2) is 8.65. The fourth-order valence-electron chi connectivity index (χ4n) is 2.28. The summed E-state index contributed by atoms with van der Waals surface area (Å²) in [5.41, 5.74) is 2.65. The number of hydrogen-bond acceptors (Lipinski definition) is 4. The van der Waals surface area contributed by atoms with Gasteiger partial charge in [-0.1, -0.05) is 23.7 Å². The van der Waals surface area contributed by atoms with Crippen LogP contribution in [0.15, 0.2) is 60.0 Å². The van der Waals surface area contributed by atoms with Gasteiger partial charge in [-0.15, -0.1) is 11.3 Å². The van der Waals surface area contributed by atoms with E-state index < -0.39 is 0 Å². The lowest BCUT2D eigenvalue weighted by atomic mass is 10.2. The number of halogens is 1. The highest BCUT2D eigenvalue weighted by Crippen LogP contribution is 2.26. The minimum atomic E-state index is -0.238. The summed E-state index contributed by atoms with van der Waals surface area (Å²) in [6.45, 7) is 2.58. The Morgan fingerprint density at radius 3 is 2.81 bits per heavy atom. The summed E-state index contributed by atoms with van der Waals surface area (Å²) in [4.78, 5) is 16.5. The molecule has 0 saturated heterocycles. The first-order chi connectivity index (χ1) is 12.6. The third-order valence-electron chi connectivity index (χ3n) is 3.47. The van der Waals surface area contributed by atoms with E-state index in [2.05, 4.69) is 10.3 Å². The maximum Gasteiger partial charge on any atom is 0.250 e. The number of thiazole rings is 1. The lowest BCUT2D eigenvalue weighted by molar-refractivity contribution is -0.111. The summed E-state index contributed by atoms with van der Waals surface area (Å²) in [6, 6.07) is 15.0. The molecule has 26 heavy (non-hydrogen) atoms. The van der Waals surface area contributed by atoms with Crippen LogP contribution in [0.5, 0.6) is 5.75 Å². The van der Waals surface area contributed by atoms with Crippen molar-refractivity contribution in [3.8, 4) is 17.0 Å². The molecule has 0 spiro atoms. The van der Waals surface area contributed by atoms with E-state index in [1.807, 2.05) is 48.7 Å². The molecule has 0 atom stereocenters. The van der Waals surface area contributed by atoms with Crippen LogP contribution in [0.2, 0.25) is 5.02 Å². The molecule has 6 heteroatoms. The van der Waals surface area contributed by atoms with Gasteiger partial charge in [0.15, 0.2) is 5.13 Å². The highest BCUT2D eigenvalue weighted by Gasteiger charge is 2.07. The van der Waals surface area contributed by atoms with Crippen LogP contribution in [0.3, 0.4) is 0 Å². The molecule has 0 radical (unpaired) electrons. The van der Waals surface area contributed by atoms with Gasteiger partial charge in [-0.05, 0) is 55.0 Å². The Morgan fingerprint density at radius 2 is 2.08 bits per heavy atom. The number of benzene rings is 2. The number of nitrogens with one attached hydrogen (secondary N) is 1. The number of ether oxygens (including phenoxy) is 1. The van der Waals surface area contributed by atoms with Gasteiger partial charge in [0, 0.05) is 22.0 Å².